The molecule has 3 aromatic rings. The van der Waals surface area contributed by atoms with E-state index in [1.54, 1.807) is 31.3 Å². The average molecular weight is 354 g/mol. The summed E-state index contributed by atoms with van der Waals surface area (Å²) in [7, 11) is 1.50. The van der Waals surface area contributed by atoms with Crippen LogP contribution >= 0.6 is 0 Å². The van der Waals surface area contributed by atoms with E-state index in [2.05, 4.69) is 21.2 Å². The smallest absolute Gasteiger partial charge is 0.333 e. The highest BCUT2D eigenvalue weighted by Crippen LogP contribution is 2.24. The summed E-state index contributed by atoms with van der Waals surface area (Å²) in [6, 6.07) is 10.3. The lowest BCUT2D eigenvalue weighted by Gasteiger charge is -2.10. The van der Waals surface area contributed by atoms with Crippen molar-refractivity contribution in [1.29, 1.82) is 0 Å². The molecule has 134 valence electrons. The van der Waals surface area contributed by atoms with Crippen LogP contribution in [-0.2, 0) is 6.54 Å². The first-order chi connectivity index (χ1) is 12.6. The van der Waals surface area contributed by atoms with E-state index < -0.39 is 11.9 Å². The van der Waals surface area contributed by atoms with Gasteiger partial charge in [-0.1, -0.05) is 24.3 Å². The third-order valence-electron chi connectivity index (χ3n) is 3.82. The van der Waals surface area contributed by atoms with Crippen LogP contribution in [0.3, 0.4) is 0 Å². The molecule has 0 aliphatic heterocycles. The molecule has 0 radical (unpaired) electrons. The first-order valence-corrected chi connectivity index (χ1v) is 7.90. The number of aromatic nitrogens is 1. The van der Waals surface area contributed by atoms with Gasteiger partial charge in [0.2, 0.25) is 5.88 Å². The van der Waals surface area contributed by atoms with Gasteiger partial charge in [-0.2, -0.15) is 0 Å². The van der Waals surface area contributed by atoms with E-state index in [0.29, 0.717) is 22.6 Å². The SMILES string of the molecule is COc1ncccc1CNC(=O)NNC(=O)c1oc2ccccc2c1C. The summed E-state index contributed by atoms with van der Waals surface area (Å²) in [5.41, 5.74) is 6.65. The van der Waals surface area contributed by atoms with Gasteiger partial charge in [-0.3, -0.25) is 10.2 Å². The van der Waals surface area contributed by atoms with Crippen LogP contribution in [0, 0.1) is 6.92 Å². The van der Waals surface area contributed by atoms with Crippen molar-refractivity contribution in [3.63, 3.8) is 0 Å². The lowest BCUT2D eigenvalue weighted by Crippen LogP contribution is -2.46. The highest BCUT2D eigenvalue weighted by atomic mass is 16.5. The Hall–Kier alpha value is -3.55. The maximum Gasteiger partial charge on any atom is 0.333 e. The Labute approximate surface area is 149 Å². The minimum Gasteiger partial charge on any atom is -0.481 e. The number of aryl methyl sites for hydroxylation is 1. The number of hydrogen-bond donors (Lipinski definition) is 3. The number of para-hydroxylation sites is 1. The van der Waals surface area contributed by atoms with E-state index in [9.17, 15) is 9.59 Å². The molecule has 8 heteroatoms. The summed E-state index contributed by atoms with van der Waals surface area (Å²) < 4.78 is 10.7. The molecular weight excluding hydrogens is 336 g/mol. The number of hydrazine groups is 1. The van der Waals surface area contributed by atoms with Crippen molar-refractivity contribution in [1.82, 2.24) is 21.2 Å². The molecule has 3 N–H and O–H groups in total. The third-order valence-corrected chi connectivity index (χ3v) is 3.82. The number of nitrogens with zero attached hydrogens (tertiary/aromatic N) is 1. The molecule has 2 heterocycles. The number of carbonyl (C=O) groups is 2. The van der Waals surface area contributed by atoms with Gasteiger partial charge in [0.15, 0.2) is 5.76 Å². The van der Waals surface area contributed by atoms with Crippen molar-refractivity contribution in [2.24, 2.45) is 0 Å². The van der Waals surface area contributed by atoms with Crippen LogP contribution in [0.1, 0.15) is 21.7 Å². The number of benzene rings is 1. The summed E-state index contributed by atoms with van der Waals surface area (Å²) in [4.78, 5) is 28.2. The zero-order valence-corrected chi connectivity index (χ0v) is 14.3. The van der Waals surface area contributed by atoms with Gasteiger partial charge in [0, 0.05) is 29.3 Å². The van der Waals surface area contributed by atoms with Crippen molar-refractivity contribution >= 4 is 22.9 Å². The van der Waals surface area contributed by atoms with Crippen LogP contribution in [-0.4, -0.2) is 24.0 Å². The molecular formula is C18H18N4O4. The number of rotatable bonds is 4. The zero-order valence-electron chi connectivity index (χ0n) is 14.3. The molecule has 0 atom stereocenters. The van der Waals surface area contributed by atoms with E-state index in [4.69, 9.17) is 9.15 Å². The fourth-order valence-corrected chi connectivity index (χ4v) is 2.52. The van der Waals surface area contributed by atoms with Crippen molar-refractivity contribution in [2.45, 2.75) is 13.5 Å². The van der Waals surface area contributed by atoms with E-state index in [1.165, 1.54) is 7.11 Å². The molecule has 0 aliphatic rings. The van der Waals surface area contributed by atoms with Crippen LogP contribution in [0.25, 0.3) is 11.0 Å². The molecule has 0 saturated heterocycles. The quantitative estimate of drug-likeness (QED) is 0.624. The number of pyridine rings is 1. The van der Waals surface area contributed by atoms with Crippen LogP contribution < -0.4 is 20.9 Å². The fraction of sp³-hybridized carbons (Fsp3) is 0.167. The molecule has 3 rings (SSSR count). The number of furan rings is 1. The Bertz CT molecular complexity index is 951. The van der Waals surface area contributed by atoms with Crippen molar-refractivity contribution in [3.05, 3.63) is 59.5 Å². The zero-order chi connectivity index (χ0) is 18.5. The van der Waals surface area contributed by atoms with E-state index in [-0.39, 0.29) is 12.3 Å². The number of fused-ring (bicyclic) bond motifs is 1. The van der Waals surface area contributed by atoms with E-state index in [1.807, 2.05) is 18.2 Å². The number of amides is 3. The van der Waals surface area contributed by atoms with Crippen molar-refractivity contribution in [2.75, 3.05) is 7.11 Å². The predicted octanol–water partition coefficient (Wildman–Crippen LogP) is 2.29. The van der Waals surface area contributed by atoms with Crippen LogP contribution in [0.5, 0.6) is 5.88 Å². The largest absolute Gasteiger partial charge is 0.481 e. The number of methoxy groups -OCH3 is 1. The topological polar surface area (TPSA) is 105 Å². The highest BCUT2D eigenvalue weighted by molar-refractivity contribution is 5.99. The van der Waals surface area contributed by atoms with Gasteiger partial charge in [-0.05, 0) is 19.1 Å². The summed E-state index contributed by atoms with van der Waals surface area (Å²) in [6.07, 6.45) is 1.60. The number of carbonyl (C=O) groups excluding carboxylic acids is 2. The lowest BCUT2D eigenvalue weighted by molar-refractivity contribution is 0.0909. The molecule has 0 bridgehead atoms. The van der Waals surface area contributed by atoms with Gasteiger partial charge in [-0.15, -0.1) is 0 Å². The van der Waals surface area contributed by atoms with Gasteiger partial charge < -0.3 is 14.5 Å². The third kappa shape index (κ3) is 3.59. The minimum absolute atomic E-state index is 0.153. The van der Waals surface area contributed by atoms with E-state index >= 15 is 0 Å². The molecule has 3 amide bonds. The molecule has 0 spiro atoms. The average Bonchev–Trinajstić information content (AvgIpc) is 3.01. The van der Waals surface area contributed by atoms with Gasteiger partial charge in [-0.25, -0.2) is 15.2 Å². The Balaban J connectivity index is 1.57. The molecule has 0 fully saturated rings. The number of urea groups is 1. The van der Waals surface area contributed by atoms with Crippen LogP contribution in [0.4, 0.5) is 4.79 Å². The summed E-state index contributed by atoms with van der Waals surface area (Å²) in [5, 5.41) is 3.46. The Morgan fingerprint density at radius 2 is 1.96 bits per heavy atom. The molecule has 26 heavy (non-hydrogen) atoms. The van der Waals surface area contributed by atoms with Gasteiger partial charge >= 0.3 is 11.9 Å². The normalized spacial score (nSPS) is 10.4. The molecule has 0 saturated carbocycles. The number of nitrogens with one attached hydrogen (secondary N) is 3. The molecule has 1 aromatic carbocycles. The summed E-state index contributed by atoms with van der Waals surface area (Å²) in [5.74, 6) is 0.0444. The second-order valence-electron chi connectivity index (χ2n) is 5.49. The van der Waals surface area contributed by atoms with Gasteiger partial charge in [0.25, 0.3) is 0 Å². The number of ether oxygens (including phenoxy) is 1. The minimum atomic E-state index is -0.571. The Morgan fingerprint density at radius 3 is 2.73 bits per heavy atom. The molecule has 0 unspecified atom stereocenters. The standard InChI is InChI=1S/C18H18N4O4/c1-11-13-7-3-4-8-14(13)26-15(11)16(23)21-22-18(24)20-10-12-6-5-9-19-17(12)25-2/h3-9H,10H2,1-2H3,(H,21,23)(H2,20,22,24). The maximum atomic E-state index is 12.2. The molecule has 0 aliphatic carbocycles. The lowest BCUT2D eigenvalue weighted by atomic mass is 10.1. The highest BCUT2D eigenvalue weighted by Gasteiger charge is 2.17. The van der Waals surface area contributed by atoms with Crippen LogP contribution in [0.2, 0.25) is 0 Å². The predicted molar refractivity (Wildman–Crippen MR) is 94.6 cm³/mol. The second-order valence-corrected chi connectivity index (χ2v) is 5.49. The number of hydrogen-bond acceptors (Lipinski definition) is 5. The Morgan fingerprint density at radius 1 is 1.15 bits per heavy atom. The summed E-state index contributed by atoms with van der Waals surface area (Å²) >= 11 is 0. The fourth-order valence-electron chi connectivity index (χ4n) is 2.52. The first-order valence-electron chi connectivity index (χ1n) is 7.90. The van der Waals surface area contributed by atoms with E-state index in [0.717, 1.165) is 5.39 Å². The first kappa shape index (κ1) is 17.3. The second kappa shape index (κ2) is 7.56. The maximum absolute atomic E-state index is 12.2. The summed E-state index contributed by atoms with van der Waals surface area (Å²) in [6.45, 7) is 1.98. The Kier molecular flexibility index (Phi) is 5.02. The van der Waals surface area contributed by atoms with Crippen molar-refractivity contribution in [3.8, 4) is 5.88 Å². The molecule has 2 aromatic heterocycles. The van der Waals surface area contributed by atoms with Crippen molar-refractivity contribution < 1.29 is 18.7 Å². The van der Waals surface area contributed by atoms with Gasteiger partial charge in [0.05, 0.1) is 7.11 Å². The van der Waals surface area contributed by atoms with Gasteiger partial charge in [0.1, 0.15) is 5.58 Å². The monoisotopic (exact) mass is 354 g/mol. The van der Waals surface area contributed by atoms with Crippen LogP contribution in [0.15, 0.2) is 47.0 Å². The molecule has 8 nitrogen and oxygen atoms in total.